The number of aromatic amines is 1. The van der Waals surface area contributed by atoms with E-state index in [1.54, 1.807) is 6.92 Å². The number of aryl methyl sites for hydroxylation is 1. The van der Waals surface area contributed by atoms with Crippen molar-refractivity contribution in [2.75, 3.05) is 6.61 Å². The molecule has 1 aliphatic carbocycles. The maximum Gasteiger partial charge on any atom is 0.343 e. The summed E-state index contributed by atoms with van der Waals surface area (Å²) in [5.41, 5.74) is 2.64. The Morgan fingerprint density at radius 3 is 2.71 bits per heavy atom. The highest BCUT2D eigenvalue weighted by Gasteiger charge is 2.29. The number of ketones is 1. The molecule has 124 valence electrons. The zero-order valence-corrected chi connectivity index (χ0v) is 13.7. The number of aromatic nitrogens is 1. The third kappa shape index (κ3) is 2.89. The lowest BCUT2D eigenvalue weighted by Crippen LogP contribution is -2.28. The second-order valence-corrected chi connectivity index (χ2v) is 6.01. The molecule has 0 unspecified atom stereocenters. The van der Waals surface area contributed by atoms with Crippen LogP contribution in [-0.4, -0.2) is 23.3 Å². The summed E-state index contributed by atoms with van der Waals surface area (Å²) >= 11 is 0. The molecule has 0 aliphatic heterocycles. The Kier molecular flexibility index (Phi) is 4.34. The zero-order valence-electron chi connectivity index (χ0n) is 13.7. The van der Waals surface area contributed by atoms with E-state index in [1.807, 2.05) is 31.2 Å². The van der Waals surface area contributed by atoms with Crippen molar-refractivity contribution in [1.29, 1.82) is 0 Å². The molecule has 5 nitrogen and oxygen atoms in total. The largest absolute Gasteiger partial charge is 0.462 e. The normalized spacial score (nSPS) is 16.6. The van der Waals surface area contributed by atoms with Gasteiger partial charge in [0.2, 0.25) is 0 Å². The molecular formula is C19H19NO4. The average molecular weight is 325 g/mol. The van der Waals surface area contributed by atoms with Crippen LogP contribution in [0.2, 0.25) is 0 Å². The summed E-state index contributed by atoms with van der Waals surface area (Å²) in [6.45, 7) is 3.86. The molecule has 0 saturated carbocycles. The first-order chi connectivity index (χ1) is 11.5. The molecule has 0 spiro atoms. The predicted molar refractivity (Wildman–Crippen MR) is 89.6 cm³/mol. The minimum Gasteiger partial charge on any atom is -0.462 e. The first-order valence-corrected chi connectivity index (χ1v) is 8.03. The number of carbonyl (C=O) groups excluding carboxylic acids is 2. The van der Waals surface area contributed by atoms with Crippen molar-refractivity contribution in [3.63, 3.8) is 0 Å². The maximum atomic E-state index is 12.6. The molecule has 5 heteroatoms. The summed E-state index contributed by atoms with van der Waals surface area (Å²) in [7, 11) is 0. The van der Waals surface area contributed by atoms with Gasteiger partial charge in [-0.15, -0.1) is 0 Å². The Balaban J connectivity index is 1.99. The van der Waals surface area contributed by atoms with Crippen LogP contribution < -0.4 is 5.56 Å². The second-order valence-electron chi connectivity index (χ2n) is 6.01. The maximum absolute atomic E-state index is 12.6. The summed E-state index contributed by atoms with van der Waals surface area (Å²) in [5.74, 6) is -0.725. The molecule has 1 aliphatic rings. The Labute approximate surface area is 139 Å². The molecule has 1 N–H and O–H groups in total. The van der Waals surface area contributed by atoms with Crippen LogP contribution in [0.3, 0.4) is 0 Å². The number of carbonyl (C=O) groups is 2. The molecule has 1 aromatic carbocycles. The number of H-pyrrole nitrogens is 1. The highest BCUT2D eigenvalue weighted by molar-refractivity contribution is 6.01. The third-order valence-electron chi connectivity index (χ3n) is 4.43. The van der Waals surface area contributed by atoms with Gasteiger partial charge < -0.3 is 9.72 Å². The van der Waals surface area contributed by atoms with E-state index in [9.17, 15) is 14.4 Å². The first-order valence-electron chi connectivity index (χ1n) is 8.03. The predicted octanol–water partition coefficient (Wildman–Crippen LogP) is 2.77. The van der Waals surface area contributed by atoms with Gasteiger partial charge in [0.25, 0.3) is 5.56 Å². The smallest absolute Gasteiger partial charge is 0.343 e. The summed E-state index contributed by atoms with van der Waals surface area (Å²) < 4.78 is 4.87. The van der Waals surface area contributed by atoms with Gasteiger partial charge in [0.1, 0.15) is 5.56 Å². The number of esters is 1. The molecule has 3 rings (SSSR count). The van der Waals surface area contributed by atoms with E-state index in [0.717, 1.165) is 11.1 Å². The van der Waals surface area contributed by atoms with Crippen molar-refractivity contribution in [2.24, 2.45) is 0 Å². The number of nitrogens with one attached hydrogen (secondary N) is 1. The minimum absolute atomic E-state index is 0.0373. The van der Waals surface area contributed by atoms with Gasteiger partial charge in [-0.25, -0.2) is 4.79 Å². The van der Waals surface area contributed by atoms with Crippen molar-refractivity contribution < 1.29 is 14.3 Å². The van der Waals surface area contributed by atoms with Crippen molar-refractivity contribution in [2.45, 2.75) is 32.6 Å². The van der Waals surface area contributed by atoms with Crippen molar-refractivity contribution in [1.82, 2.24) is 4.98 Å². The summed E-state index contributed by atoms with van der Waals surface area (Å²) in [6.07, 6.45) is 0.941. The van der Waals surface area contributed by atoms with Gasteiger partial charge in [-0.1, -0.05) is 24.3 Å². The fourth-order valence-electron chi connectivity index (χ4n) is 3.26. The van der Waals surface area contributed by atoms with Crippen molar-refractivity contribution in [3.05, 3.63) is 68.6 Å². The second kappa shape index (κ2) is 6.43. The number of ether oxygens (including phenoxy) is 1. The van der Waals surface area contributed by atoms with Crippen LogP contribution >= 0.6 is 0 Å². The van der Waals surface area contributed by atoms with Gasteiger partial charge >= 0.3 is 5.97 Å². The van der Waals surface area contributed by atoms with Crippen LogP contribution in [0.25, 0.3) is 0 Å². The molecule has 1 heterocycles. The molecule has 0 saturated heterocycles. The Bertz CT molecular complexity index is 866. The van der Waals surface area contributed by atoms with Crippen LogP contribution in [0.5, 0.6) is 0 Å². The number of pyridine rings is 1. The SMILES string of the molecule is CCOC(=O)c1cc2c([nH]c1=O)C[C@H](c1ccccc1C)CC2=O. The molecular weight excluding hydrogens is 306 g/mol. The van der Waals surface area contributed by atoms with E-state index < -0.39 is 11.5 Å². The molecule has 0 bridgehead atoms. The van der Waals surface area contributed by atoms with Crippen LogP contribution in [0, 0.1) is 6.92 Å². The fourth-order valence-corrected chi connectivity index (χ4v) is 3.26. The lowest BCUT2D eigenvalue weighted by molar-refractivity contribution is 0.0524. The molecule has 24 heavy (non-hydrogen) atoms. The first kappa shape index (κ1) is 16.2. The van der Waals surface area contributed by atoms with Gasteiger partial charge in [-0.05, 0) is 43.4 Å². The summed E-state index contributed by atoms with van der Waals surface area (Å²) in [4.78, 5) is 39.2. The number of Topliss-reactive ketones (excluding diaryl/α,β-unsaturated/α-hetero) is 1. The number of hydrogen-bond acceptors (Lipinski definition) is 4. The highest BCUT2D eigenvalue weighted by Crippen LogP contribution is 2.33. The van der Waals surface area contributed by atoms with Gasteiger partial charge in [-0.2, -0.15) is 0 Å². The van der Waals surface area contributed by atoms with E-state index in [1.165, 1.54) is 6.07 Å². The Hall–Kier alpha value is -2.69. The quantitative estimate of drug-likeness (QED) is 0.880. The lowest BCUT2D eigenvalue weighted by atomic mass is 9.80. The van der Waals surface area contributed by atoms with Gasteiger partial charge in [0, 0.05) is 17.7 Å². The Morgan fingerprint density at radius 1 is 1.25 bits per heavy atom. The van der Waals surface area contributed by atoms with Crippen molar-refractivity contribution in [3.8, 4) is 0 Å². The van der Waals surface area contributed by atoms with Crippen LogP contribution in [0.1, 0.15) is 56.8 Å². The number of fused-ring (bicyclic) bond motifs is 1. The zero-order chi connectivity index (χ0) is 17.3. The lowest BCUT2D eigenvalue weighted by Gasteiger charge is -2.25. The number of benzene rings is 1. The molecule has 0 fully saturated rings. The minimum atomic E-state index is -0.699. The van der Waals surface area contributed by atoms with E-state index in [2.05, 4.69) is 4.98 Å². The summed E-state index contributed by atoms with van der Waals surface area (Å²) in [5, 5.41) is 0. The Morgan fingerprint density at radius 2 is 2.00 bits per heavy atom. The van der Waals surface area contributed by atoms with Crippen LogP contribution in [-0.2, 0) is 11.2 Å². The van der Waals surface area contributed by atoms with E-state index in [0.29, 0.717) is 24.1 Å². The standard InChI is InChI=1S/C19H19NO4/c1-3-24-19(23)15-10-14-16(20-18(15)22)8-12(9-17(14)21)13-7-5-4-6-11(13)2/h4-7,10,12H,3,8-9H2,1-2H3,(H,20,22)/t12-/m0/s1. The third-order valence-corrected chi connectivity index (χ3v) is 4.43. The molecule has 0 radical (unpaired) electrons. The average Bonchev–Trinajstić information content (AvgIpc) is 2.54. The topological polar surface area (TPSA) is 76.2 Å². The van der Waals surface area contributed by atoms with Gasteiger partial charge in [0.05, 0.1) is 6.61 Å². The molecule has 2 aromatic rings. The highest BCUT2D eigenvalue weighted by atomic mass is 16.5. The number of rotatable bonds is 3. The molecule has 1 atom stereocenters. The van der Waals surface area contributed by atoms with Gasteiger partial charge in [0.15, 0.2) is 5.78 Å². The summed E-state index contributed by atoms with van der Waals surface area (Å²) in [6, 6.07) is 9.33. The van der Waals surface area contributed by atoms with Crippen molar-refractivity contribution >= 4 is 11.8 Å². The van der Waals surface area contributed by atoms with E-state index in [4.69, 9.17) is 4.74 Å². The van der Waals surface area contributed by atoms with Crippen LogP contribution in [0.15, 0.2) is 35.1 Å². The van der Waals surface area contributed by atoms with Crippen LogP contribution in [0.4, 0.5) is 0 Å². The molecule has 0 amide bonds. The monoisotopic (exact) mass is 325 g/mol. The van der Waals surface area contributed by atoms with E-state index in [-0.39, 0.29) is 23.9 Å². The van der Waals surface area contributed by atoms with Gasteiger partial charge in [-0.3, -0.25) is 9.59 Å². The fraction of sp³-hybridized carbons (Fsp3) is 0.316. The molecule has 1 aromatic heterocycles. The van der Waals surface area contributed by atoms with E-state index >= 15 is 0 Å². The number of hydrogen-bond donors (Lipinski definition) is 1.